The maximum absolute atomic E-state index is 10.6. The molecule has 2 aromatic carbocycles. The Labute approximate surface area is 131 Å². The van der Waals surface area contributed by atoms with Crippen molar-refractivity contribution in [1.29, 1.82) is 0 Å². The standard InChI is InChI=1S/C15H13N3O5/c19-15(12-3-7-14(8-4-12)18(22)23)10-16-9-11-1-5-13(6-2-11)17(20)21/h1-9,15,19H,10H2/t15-/m1/s1. The first-order valence-electron chi connectivity index (χ1n) is 6.64. The lowest BCUT2D eigenvalue weighted by Crippen LogP contribution is -2.02. The lowest BCUT2D eigenvalue weighted by Gasteiger charge is -2.07. The van der Waals surface area contributed by atoms with Crippen LogP contribution in [0, 0.1) is 20.2 Å². The van der Waals surface area contributed by atoms with Crippen molar-refractivity contribution in [2.75, 3.05) is 6.54 Å². The van der Waals surface area contributed by atoms with E-state index in [0.29, 0.717) is 11.1 Å². The van der Waals surface area contributed by atoms with E-state index in [4.69, 9.17) is 0 Å². The average Bonchev–Trinajstić information content (AvgIpc) is 2.55. The molecule has 23 heavy (non-hydrogen) atoms. The molecule has 0 saturated carbocycles. The summed E-state index contributed by atoms with van der Waals surface area (Å²) >= 11 is 0. The second-order valence-electron chi connectivity index (χ2n) is 4.71. The predicted molar refractivity (Wildman–Crippen MR) is 83.6 cm³/mol. The van der Waals surface area contributed by atoms with Crippen LogP contribution < -0.4 is 0 Å². The molecule has 0 amide bonds. The van der Waals surface area contributed by atoms with Crippen molar-refractivity contribution in [2.24, 2.45) is 4.99 Å². The van der Waals surface area contributed by atoms with Gasteiger partial charge in [0.15, 0.2) is 0 Å². The Balaban J connectivity index is 1.96. The molecule has 0 aromatic heterocycles. The highest BCUT2D eigenvalue weighted by atomic mass is 16.6. The van der Waals surface area contributed by atoms with Crippen molar-refractivity contribution < 1.29 is 15.0 Å². The Morgan fingerprint density at radius 1 is 0.957 bits per heavy atom. The second kappa shape index (κ2) is 7.23. The summed E-state index contributed by atoms with van der Waals surface area (Å²) in [5.41, 5.74) is 1.14. The van der Waals surface area contributed by atoms with Gasteiger partial charge in [-0.05, 0) is 35.4 Å². The second-order valence-corrected chi connectivity index (χ2v) is 4.71. The normalized spacial score (nSPS) is 12.2. The van der Waals surface area contributed by atoms with Gasteiger partial charge in [0, 0.05) is 30.5 Å². The molecule has 0 heterocycles. The molecule has 0 aliphatic carbocycles. The third-order valence-electron chi connectivity index (χ3n) is 3.11. The van der Waals surface area contributed by atoms with E-state index < -0.39 is 16.0 Å². The molecule has 0 spiro atoms. The summed E-state index contributed by atoms with van der Waals surface area (Å²) in [4.78, 5) is 24.2. The van der Waals surface area contributed by atoms with Gasteiger partial charge in [-0.2, -0.15) is 0 Å². The lowest BCUT2D eigenvalue weighted by molar-refractivity contribution is -0.385. The SMILES string of the molecule is O=[N+]([O-])c1ccc(C=NC[C@@H](O)c2ccc([N+](=O)[O-])cc2)cc1. The third kappa shape index (κ3) is 4.42. The van der Waals surface area contributed by atoms with E-state index in [1.807, 2.05) is 0 Å². The zero-order valence-corrected chi connectivity index (χ0v) is 11.9. The Morgan fingerprint density at radius 3 is 1.91 bits per heavy atom. The Bertz CT molecular complexity index is 726. The summed E-state index contributed by atoms with van der Waals surface area (Å²) in [6.45, 7) is 0.0782. The number of hydrogen-bond donors (Lipinski definition) is 1. The summed E-state index contributed by atoms with van der Waals surface area (Å²) < 4.78 is 0. The molecular formula is C15H13N3O5. The van der Waals surface area contributed by atoms with Crippen LogP contribution in [0.1, 0.15) is 17.2 Å². The fraction of sp³-hybridized carbons (Fsp3) is 0.133. The van der Waals surface area contributed by atoms with Crippen LogP contribution in [0.2, 0.25) is 0 Å². The molecule has 2 rings (SSSR count). The van der Waals surface area contributed by atoms with E-state index in [-0.39, 0.29) is 17.9 Å². The number of hydrogen-bond acceptors (Lipinski definition) is 6. The van der Waals surface area contributed by atoms with Crippen molar-refractivity contribution >= 4 is 17.6 Å². The van der Waals surface area contributed by atoms with E-state index in [0.717, 1.165) is 0 Å². The van der Waals surface area contributed by atoms with Crippen molar-refractivity contribution in [3.8, 4) is 0 Å². The molecule has 2 aromatic rings. The number of nitrogens with zero attached hydrogens (tertiary/aromatic N) is 3. The van der Waals surface area contributed by atoms with Crippen molar-refractivity contribution in [3.63, 3.8) is 0 Å². The molecule has 1 N–H and O–H groups in total. The summed E-state index contributed by atoms with van der Waals surface area (Å²) in [6.07, 6.45) is 0.614. The van der Waals surface area contributed by atoms with E-state index >= 15 is 0 Å². The molecule has 1 atom stereocenters. The van der Waals surface area contributed by atoms with Crippen LogP contribution >= 0.6 is 0 Å². The number of benzene rings is 2. The molecule has 0 saturated heterocycles. The fourth-order valence-electron chi connectivity index (χ4n) is 1.86. The van der Waals surface area contributed by atoms with Crippen LogP contribution in [0.3, 0.4) is 0 Å². The Hall–Kier alpha value is -3.13. The topological polar surface area (TPSA) is 119 Å². The first-order chi connectivity index (χ1) is 11.0. The molecule has 0 unspecified atom stereocenters. The maximum Gasteiger partial charge on any atom is 0.269 e. The molecule has 118 valence electrons. The first-order valence-corrected chi connectivity index (χ1v) is 6.64. The van der Waals surface area contributed by atoms with E-state index in [1.165, 1.54) is 42.6 Å². The van der Waals surface area contributed by atoms with Crippen LogP contribution in [-0.2, 0) is 0 Å². The molecule has 0 bridgehead atoms. The minimum absolute atomic E-state index is 0.00642. The van der Waals surface area contributed by atoms with Crippen LogP contribution in [0.4, 0.5) is 11.4 Å². The lowest BCUT2D eigenvalue weighted by atomic mass is 10.1. The predicted octanol–water partition coefficient (Wildman–Crippen LogP) is 2.66. The fourth-order valence-corrected chi connectivity index (χ4v) is 1.86. The summed E-state index contributed by atoms with van der Waals surface area (Å²) in [5.74, 6) is 0. The van der Waals surface area contributed by atoms with Crippen molar-refractivity contribution in [3.05, 3.63) is 79.9 Å². The van der Waals surface area contributed by atoms with E-state index in [9.17, 15) is 25.3 Å². The zero-order valence-electron chi connectivity index (χ0n) is 11.9. The highest BCUT2D eigenvalue weighted by Gasteiger charge is 2.09. The first kappa shape index (κ1) is 16.2. The van der Waals surface area contributed by atoms with E-state index in [2.05, 4.69) is 4.99 Å². The number of nitro groups is 2. The molecule has 0 fully saturated rings. The Kier molecular flexibility index (Phi) is 5.11. The molecule has 8 heteroatoms. The summed E-state index contributed by atoms with van der Waals surface area (Å²) in [7, 11) is 0. The number of aliphatic imine (C=N–C) groups is 1. The van der Waals surface area contributed by atoms with Gasteiger partial charge in [-0.1, -0.05) is 0 Å². The van der Waals surface area contributed by atoms with Gasteiger partial charge in [-0.3, -0.25) is 25.2 Å². The highest BCUT2D eigenvalue weighted by molar-refractivity contribution is 5.79. The van der Waals surface area contributed by atoms with Gasteiger partial charge in [0.2, 0.25) is 0 Å². The molecular weight excluding hydrogens is 302 g/mol. The van der Waals surface area contributed by atoms with Gasteiger partial charge >= 0.3 is 0 Å². The Morgan fingerprint density at radius 2 is 1.43 bits per heavy atom. The average molecular weight is 315 g/mol. The number of aliphatic hydroxyl groups excluding tert-OH is 1. The van der Waals surface area contributed by atoms with Gasteiger partial charge in [-0.25, -0.2) is 0 Å². The molecule has 8 nitrogen and oxygen atoms in total. The number of rotatable bonds is 6. The van der Waals surface area contributed by atoms with Gasteiger partial charge in [0.1, 0.15) is 0 Å². The van der Waals surface area contributed by atoms with E-state index in [1.54, 1.807) is 12.1 Å². The quantitative estimate of drug-likeness (QED) is 0.499. The van der Waals surface area contributed by atoms with Crippen molar-refractivity contribution in [1.82, 2.24) is 0 Å². The van der Waals surface area contributed by atoms with Gasteiger partial charge in [-0.15, -0.1) is 0 Å². The van der Waals surface area contributed by atoms with Crippen LogP contribution in [0.25, 0.3) is 0 Å². The van der Waals surface area contributed by atoms with Crippen LogP contribution in [0.15, 0.2) is 53.5 Å². The van der Waals surface area contributed by atoms with Crippen molar-refractivity contribution in [2.45, 2.75) is 6.10 Å². The highest BCUT2D eigenvalue weighted by Crippen LogP contribution is 2.18. The number of non-ortho nitro benzene ring substituents is 2. The maximum atomic E-state index is 10.6. The summed E-state index contributed by atoms with van der Waals surface area (Å²) in [5, 5.41) is 31.1. The zero-order chi connectivity index (χ0) is 16.8. The number of aliphatic hydroxyl groups is 1. The van der Waals surface area contributed by atoms with Gasteiger partial charge in [0.25, 0.3) is 11.4 Å². The minimum Gasteiger partial charge on any atom is -0.386 e. The van der Waals surface area contributed by atoms with Gasteiger partial charge < -0.3 is 5.11 Å². The smallest absolute Gasteiger partial charge is 0.269 e. The largest absolute Gasteiger partial charge is 0.386 e. The molecule has 0 radical (unpaired) electrons. The van der Waals surface area contributed by atoms with Crippen LogP contribution in [-0.4, -0.2) is 27.7 Å². The minimum atomic E-state index is -0.884. The van der Waals surface area contributed by atoms with Crippen LogP contribution in [0.5, 0.6) is 0 Å². The monoisotopic (exact) mass is 315 g/mol. The molecule has 0 aliphatic heterocycles. The van der Waals surface area contributed by atoms with Gasteiger partial charge in [0.05, 0.1) is 22.5 Å². The summed E-state index contributed by atoms with van der Waals surface area (Å²) in [6, 6.07) is 11.4. The number of nitro benzene ring substituents is 2. The molecule has 0 aliphatic rings. The third-order valence-corrected chi connectivity index (χ3v) is 3.11.